The van der Waals surface area contributed by atoms with Gasteiger partial charge in [-0.3, -0.25) is 9.59 Å². The van der Waals surface area contributed by atoms with Gasteiger partial charge in [0, 0.05) is 35.9 Å². The highest BCUT2D eigenvalue weighted by atomic mass is 16.5. The van der Waals surface area contributed by atoms with Crippen LogP contribution in [0, 0.1) is 39.9 Å². The topological polar surface area (TPSA) is 113 Å². The highest BCUT2D eigenvalue weighted by Gasteiger charge is 2.73. The smallest absolute Gasteiger partial charge is 0.316 e. The Morgan fingerprint density at radius 1 is 1.09 bits per heavy atom. The van der Waals surface area contributed by atoms with Crippen molar-refractivity contribution in [3.63, 3.8) is 0 Å². The van der Waals surface area contributed by atoms with Gasteiger partial charge in [-0.2, -0.15) is 0 Å². The van der Waals surface area contributed by atoms with E-state index in [2.05, 4.69) is 34.6 Å². The molecule has 1 heterocycles. The highest BCUT2D eigenvalue weighted by Crippen LogP contribution is 2.71. The Balaban J connectivity index is 0.00000158. The summed E-state index contributed by atoms with van der Waals surface area (Å²) >= 11 is 0. The predicted molar refractivity (Wildman–Crippen MR) is 127 cm³/mol. The molecule has 3 fully saturated rings. The zero-order valence-corrected chi connectivity index (χ0v) is 22.3. The molecule has 0 aromatic heterocycles. The van der Waals surface area contributed by atoms with Gasteiger partial charge in [0.1, 0.15) is 17.3 Å². The van der Waals surface area contributed by atoms with Gasteiger partial charge in [-0.15, -0.1) is 0 Å². The van der Waals surface area contributed by atoms with Crippen LogP contribution in [0.3, 0.4) is 0 Å². The molecule has 0 aromatic rings. The fraction of sp³-hybridized carbons (Fsp3) is 0.852. The van der Waals surface area contributed by atoms with E-state index in [9.17, 15) is 19.8 Å². The molecule has 34 heavy (non-hydrogen) atoms. The molecule has 0 radical (unpaired) electrons. The predicted octanol–water partition coefficient (Wildman–Crippen LogP) is 3.25. The van der Waals surface area contributed by atoms with E-state index in [1.165, 1.54) is 7.11 Å². The number of aliphatic hydroxyl groups is 3. The number of aliphatic hydroxyl groups excluding tert-OH is 3. The van der Waals surface area contributed by atoms with Crippen LogP contribution < -0.4 is 0 Å². The number of hydrogen-bond acceptors (Lipinski definition) is 7. The largest absolute Gasteiger partial charge is 0.490 e. The Labute approximate surface area is 203 Å². The molecule has 2 saturated carbocycles. The van der Waals surface area contributed by atoms with Gasteiger partial charge in [0.05, 0.1) is 19.3 Å². The number of carbonyl (C=O) groups is 2. The maximum absolute atomic E-state index is 13.2. The van der Waals surface area contributed by atoms with Gasteiger partial charge in [-0.05, 0) is 43.4 Å². The van der Waals surface area contributed by atoms with Crippen molar-refractivity contribution >= 4 is 11.8 Å². The Hall–Kier alpha value is -1.44. The first-order chi connectivity index (χ1) is 15.7. The van der Waals surface area contributed by atoms with Gasteiger partial charge in [0.25, 0.3) is 0 Å². The summed E-state index contributed by atoms with van der Waals surface area (Å²) in [5.41, 5.74) is -1.35. The van der Waals surface area contributed by atoms with Crippen LogP contribution in [0.15, 0.2) is 11.3 Å². The van der Waals surface area contributed by atoms with Crippen molar-refractivity contribution in [1.82, 2.24) is 0 Å². The average Bonchev–Trinajstić information content (AvgIpc) is 3.14. The number of methoxy groups -OCH3 is 1. The number of fused-ring (bicyclic) bond motifs is 3. The molecule has 0 aromatic carbocycles. The van der Waals surface area contributed by atoms with E-state index in [0.717, 1.165) is 13.5 Å². The normalized spacial score (nSPS) is 47.2. The summed E-state index contributed by atoms with van der Waals surface area (Å²) in [6.45, 7) is 14.3. The van der Waals surface area contributed by atoms with Crippen LogP contribution in [0.4, 0.5) is 0 Å². The number of Topliss-reactive ketones (excluding diaryl/α,β-unsaturated/α-hetero) is 1. The molecule has 1 aliphatic heterocycles. The van der Waals surface area contributed by atoms with E-state index in [1.54, 1.807) is 6.92 Å². The summed E-state index contributed by atoms with van der Waals surface area (Å²) in [6, 6.07) is 0. The Bertz CT molecular complexity index is 878. The quantitative estimate of drug-likeness (QED) is 0.390. The molecule has 7 heteroatoms. The second-order valence-corrected chi connectivity index (χ2v) is 12.1. The van der Waals surface area contributed by atoms with E-state index < -0.39 is 35.1 Å². The van der Waals surface area contributed by atoms with Crippen LogP contribution in [0.25, 0.3) is 0 Å². The van der Waals surface area contributed by atoms with Crippen LogP contribution in [-0.4, -0.2) is 59.1 Å². The molecule has 3 N–H and O–H groups in total. The zero-order chi connectivity index (χ0) is 26.0. The summed E-state index contributed by atoms with van der Waals surface area (Å²) in [5, 5.41) is 29.1. The molecule has 9 atom stereocenters. The van der Waals surface area contributed by atoms with E-state index in [4.69, 9.17) is 14.6 Å². The van der Waals surface area contributed by atoms with Gasteiger partial charge < -0.3 is 24.8 Å². The third kappa shape index (κ3) is 3.26. The maximum Gasteiger partial charge on any atom is 0.316 e. The lowest BCUT2D eigenvalue weighted by molar-refractivity contribution is -0.249. The van der Waals surface area contributed by atoms with Crippen LogP contribution in [0.5, 0.6) is 0 Å². The Morgan fingerprint density at radius 3 is 2.24 bits per heavy atom. The molecule has 1 saturated heterocycles. The lowest BCUT2D eigenvalue weighted by Gasteiger charge is -2.65. The standard InChI is InChI=1S/C26H40O6.CH4O/c1-13-20(29)19(22(30)31-8)15(3)24(6)12-26(32-21(13)24)14(2)16(27)11-17-23(4,5)18(28)9-10-25(17,26)7;1-2/h14-19,27-28H,9-12H2,1-8H3;2H,1H3/t14-,15-,16-,17-,18-,19-,24+,25-,26-;/m0./s1. The highest BCUT2D eigenvalue weighted by molar-refractivity contribution is 6.09. The Morgan fingerprint density at radius 2 is 1.68 bits per heavy atom. The van der Waals surface area contributed by atoms with Crippen molar-refractivity contribution in [3.8, 4) is 0 Å². The first-order valence-corrected chi connectivity index (χ1v) is 12.5. The van der Waals surface area contributed by atoms with Crippen LogP contribution >= 0.6 is 0 Å². The number of esters is 1. The minimum Gasteiger partial charge on any atom is -0.490 e. The van der Waals surface area contributed by atoms with E-state index >= 15 is 0 Å². The molecular weight excluding hydrogens is 436 g/mol. The molecule has 7 nitrogen and oxygen atoms in total. The van der Waals surface area contributed by atoms with Crippen molar-refractivity contribution in [2.24, 2.45) is 39.9 Å². The second kappa shape index (κ2) is 8.59. The van der Waals surface area contributed by atoms with Crippen molar-refractivity contribution in [2.75, 3.05) is 14.2 Å². The lowest BCUT2D eigenvalue weighted by Crippen LogP contribution is -2.67. The summed E-state index contributed by atoms with van der Waals surface area (Å²) in [4.78, 5) is 25.8. The van der Waals surface area contributed by atoms with E-state index in [1.807, 2.05) is 6.92 Å². The van der Waals surface area contributed by atoms with Gasteiger partial charge in [-0.25, -0.2) is 0 Å². The number of carbonyl (C=O) groups excluding carboxylic acids is 2. The van der Waals surface area contributed by atoms with Crippen LogP contribution in [-0.2, 0) is 19.1 Å². The minimum atomic E-state index is -0.843. The molecule has 1 spiro atoms. The molecule has 4 aliphatic rings. The number of allylic oxidation sites excluding steroid dienone is 2. The molecule has 0 unspecified atom stereocenters. The van der Waals surface area contributed by atoms with Crippen molar-refractivity contribution in [2.45, 2.75) is 92.0 Å². The Kier molecular flexibility index (Phi) is 6.86. The number of rotatable bonds is 1. The first kappa shape index (κ1) is 27.2. The molecule has 194 valence electrons. The summed E-state index contributed by atoms with van der Waals surface area (Å²) in [5.74, 6) is -1.24. The summed E-state index contributed by atoms with van der Waals surface area (Å²) < 4.78 is 12.0. The second-order valence-electron chi connectivity index (χ2n) is 12.1. The third-order valence-electron chi connectivity index (χ3n) is 10.6. The minimum absolute atomic E-state index is 0.0667. The average molecular weight is 481 g/mol. The van der Waals surface area contributed by atoms with E-state index in [0.29, 0.717) is 30.6 Å². The molecular formula is C27H44O7. The van der Waals surface area contributed by atoms with Gasteiger partial charge in [0.2, 0.25) is 0 Å². The fourth-order valence-corrected chi connectivity index (χ4v) is 8.17. The molecule has 0 amide bonds. The van der Waals surface area contributed by atoms with Gasteiger partial charge in [-0.1, -0.05) is 41.5 Å². The third-order valence-corrected chi connectivity index (χ3v) is 10.6. The number of ether oxygens (including phenoxy) is 2. The van der Waals surface area contributed by atoms with Crippen molar-refractivity contribution in [3.05, 3.63) is 11.3 Å². The van der Waals surface area contributed by atoms with Crippen molar-refractivity contribution < 1.29 is 34.4 Å². The maximum atomic E-state index is 13.2. The fourth-order valence-electron chi connectivity index (χ4n) is 8.17. The van der Waals surface area contributed by atoms with Gasteiger partial charge in [0.15, 0.2) is 5.78 Å². The van der Waals surface area contributed by atoms with E-state index in [-0.39, 0.29) is 34.4 Å². The molecule has 0 bridgehead atoms. The summed E-state index contributed by atoms with van der Waals surface area (Å²) in [6.07, 6.45) is 1.74. The first-order valence-electron chi connectivity index (χ1n) is 12.5. The van der Waals surface area contributed by atoms with Gasteiger partial charge >= 0.3 is 5.97 Å². The monoisotopic (exact) mass is 480 g/mol. The SMILES string of the molecule is CO.COC(=O)[C@@H]1C(=O)C(C)=C2O[C@@]3(C[C@]2(C)[C@H]1C)[C@@H](C)[C@@H](O)C[C@H]1C(C)(C)[C@@H](O)CC[C@@]13C. The summed E-state index contributed by atoms with van der Waals surface area (Å²) in [7, 11) is 2.33. The van der Waals surface area contributed by atoms with Crippen LogP contribution in [0.2, 0.25) is 0 Å². The number of hydrogen-bond donors (Lipinski definition) is 3. The zero-order valence-electron chi connectivity index (χ0n) is 22.3. The van der Waals surface area contributed by atoms with Crippen molar-refractivity contribution in [1.29, 1.82) is 0 Å². The van der Waals surface area contributed by atoms with Crippen LogP contribution in [0.1, 0.15) is 74.1 Å². The lowest BCUT2D eigenvalue weighted by atomic mass is 9.42. The number of ketones is 1. The molecule has 4 rings (SSSR count). The molecule has 3 aliphatic carbocycles.